The lowest BCUT2D eigenvalue weighted by molar-refractivity contribution is -0.159. The molecular weight excluding hydrogens is 635 g/mol. The van der Waals surface area contributed by atoms with Crippen molar-refractivity contribution >= 4 is 19.8 Å². The van der Waals surface area contributed by atoms with E-state index in [-0.39, 0.29) is 13.0 Å². The minimum Gasteiger partial charge on any atom is -0.462 e. The Balaban J connectivity index is 3.54. The molecule has 1 unspecified atom stereocenters. The molecule has 0 aromatic rings. The lowest BCUT2D eigenvalue weighted by Gasteiger charge is -2.19. The summed E-state index contributed by atoms with van der Waals surface area (Å²) >= 11 is 0. The van der Waals surface area contributed by atoms with Crippen molar-refractivity contribution in [2.45, 2.75) is 199 Å². The highest BCUT2D eigenvalue weighted by Gasteiger charge is 2.26. The van der Waals surface area contributed by atoms with Crippen LogP contribution in [0.5, 0.6) is 0 Å². The number of phosphoric ester groups is 1. The molecule has 0 radical (unpaired) electrons. The van der Waals surface area contributed by atoms with Crippen molar-refractivity contribution in [1.29, 1.82) is 0 Å². The van der Waals surface area contributed by atoms with E-state index in [0.29, 0.717) is 6.42 Å². The third-order valence-corrected chi connectivity index (χ3v) is 9.51. The predicted molar refractivity (Wildman–Crippen MR) is 192 cm³/mol. The van der Waals surface area contributed by atoms with E-state index < -0.39 is 51.8 Å². The highest BCUT2D eigenvalue weighted by atomic mass is 31.2. The first kappa shape index (κ1) is 47.0. The smallest absolute Gasteiger partial charge is 0.462 e. The molecule has 48 heavy (non-hydrogen) atoms. The summed E-state index contributed by atoms with van der Waals surface area (Å²) in [6.45, 7) is 1.31. The molecule has 0 saturated heterocycles. The van der Waals surface area contributed by atoms with Crippen LogP contribution in [0.25, 0.3) is 0 Å². The first-order chi connectivity index (χ1) is 23.2. The number of carbonyl (C=O) groups excluding carboxylic acids is 2. The van der Waals surface area contributed by atoms with Gasteiger partial charge in [0.1, 0.15) is 12.7 Å². The van der Waals surface area contributed by atoms with Gasteiger partial charge in [0.15, 0.2) is 6.10 Å². The quantitative estimate of drug-likeness (QED) is 0.0324. The van der Waals surface area contributed by atoms with E-state index in [1.54, 1.807) is 0 Å². The Kier molecular flexibility index (Phi) is 33.7. The summed E-state index contributed by atoms with van der Waals surface area (Å²) in [5.41, 5.74) is 0. The van der Waals surface area contributed by atoms with Gasteiger partial charge >= 0.3 is 19.8 Å². The largest absolute Gasteiger partial charge is 0.472 e. The Labute approximate surface area is 293 Å². The van der Waals surface area contributed by atoms with Crippen LogP contribution in [-0.2, 0) is 32.7 Å². The van der Waals surface area contributed by atoms with Gasteiger partial charge in [-0.05, 0) is 6.42 Å². The van der Waals surface area contributed by atoms with Gasteiger partial charge in [0.05, 0.1) is 19.8 Å². The Bertz CT molecular complexity index is 781. The molecule has 0 aliphatic heterocycles. The summed E-state index contributed by atoms with van der Waals surface area (Å²) in [4.78, 5) is 33.1. The van der Waals surface area contributed by atoms with Crippen LogP contribution in [0.3, 0.4) is 0 Å². The lowest BCUT2D eigenvalue weighted by Crippen LogP contribution is -2.29. The molecule has 0 bridgehead atoms. The maximum absolute atomic E-state index is 12.1. The normalized spacial score (nSPS) is 14.0. The molecule has 0 amide bonds. The van der Waals surface area contributed by atoms with Crippen LogP contribution >= 0.6 is 7.82 Å². The van der Waals surface area contributed by atoms with Crippen molar-refractivity contribution in [3.05, 3.63) is 0 Å². The molecular formula is C37H73O10P. The van der Waals surface area contributed by atoms with Crippen molar-refractivity contribution in [1.82, 2.24) is 0 Å². The lowest BCUT2D eigenvalue weighted by atomic mass is 10.0. The SMILES string of the molecule is CCCCCCCCCCCCCCCCCCCCCCCCCCCCC(=O)OC[C@H](COP(=O)(O)OC[C@@H](O)CO)OC(C)=O. The highest BCUT2D eigenvalue weighted by Crippen LogP contribution is 2.43. The maximum atomic E-state index is 12.1. The van der Waals surface area contributed by atoms with E-state index in [2.05, 4.69) is 11.4 Å². The van der Waals surface area contributed by atoms with Gasteiger partial charge < -0.3 is 24.6 Å². The fourth-order valence-corrected chi connectivity index (χ4v) is 6.43. The van der Waals surface area contributed by atoms with E-state index in [9.17, 15) is 24.2 Å². The molecule has 11 heteroatoms. The number of ether oxygens (including phenoxy) is 2. The third kappa shape index (κ3) is 34.8. The van der Waals surface area contributed by atoms with Crippen LogP contribution in [0.1, 0.15) is 187 Å². The standard InChI is InChI=1S/C37H73O10P/c1-3-4-5-6-7-8-9-10-11-12-13-14-15-16-17-18-19-20-21-22-23-24-25-26-27-28-29-37(41)44-32-36(47-34(2)39)33-46-48(42,43)45-31-35(40)30-38/h35-36,38,40H,3-33H2,1-2H3,(H,42,43)/t35-,36+/m0/s1. The van der Waals surface area contributed by atoms with Crippen molar-refractivity contribution in [3.63, 3.8) is 0 Å². The van der Waals surface area contributed by atoms with Gasteiger partial charge in [0.25, 0.3) is 0 Å². The van der Waals surface area contributed by atoms with Crippen LogP contribution in [-0.4, -0.2) is 65.7 Å². The number of esters is 2. The summed E-state index contributed by atoms with van der Waals surface area (Å²) < 4.78 is 31.3. The van der Waals surface area contributed by atoms with Crippen LogP contribution in [0.15, 0.2) is 0 Å². The van der Waals surface area contributed by atoms with E-state index in [1.807, 2.05) is 0 Å². The summed E-state index contributed by atoms with van der Waals surface area (Å²) in [6, 6.07) is 0. The van der Waals surface area contributed by atoms with Gasteiger partial charge in [-0.25, -0.2) is 4.57 Å². The molecule has 0 heterocycles. The molecule has 3 N–H and O–H groups in total. The zero-order chi connectivity index (χ0) is 35.6. The second-order valence-electron chi connectivity index (χ2n) is 13.4. The maximum Gasteiger partial charge on any atom is 0.472 e. The zero-order valence-corrected chi connectivity index (χ0v) is 31.6. The third-order valence-electron chi connectivity index (χ3n) is 8.56. The second kappa shape index (κ2) is 34.4. The summed E-state index contributed by atoms with van der Waals surface area (Å²) in [6.07, 6.45) is 32.3. The number of hydrogen-bond donors (Lipinski definition) is 3. The molecule has 0 spiro atoms. The average molecular weight is 709 g/mol. The number of aliphatic hydroxyl groups is 2. The minimum atomic E-state index is -4.56. The molecule has 0 aliphatic carbocycles. The van der Waals surface area contributed by atoms with Crippen LogP contribution in [0.2, 0.25) is 0 Å². The molecule has 0 aromatic carbocycles. The van der Waals surface area contributed by atoms with E-state index in [0.717, 1.165) is 19.8 Å². The minimum absolute atomic E-state index is 0.244. The summed E-state index contributed by atoms with van der Waals surface area (Å²) in [5, 5.41) is 18.0. The van der Waals surface area contributed by atoms with Crippen LogP contribution < -0.4 is 0 Å². The molecule has 0 aliphatic rings. The molecule has 0 fully saturated rings. The summed E-state index contributed by atoms with van der Waals surface area (Å²) in [5.74, 6) is -1.11. The van der Waals surface area contributed by atoms with Gasteiger partial charge in [0.2, 0.25) is 0 Å². The molecule has 10 nitrogen and oxygen atoms in total. The molecule has 0 saturated carbocycles. The Morgan fingerprint density at radius 1 is 0.583 bits per heavy atom. The van der Waals surface area contributed by atoms with E-state index in [1.165, 1.54) is 148 Å². The Morgan fingerprint density at radius 3 is 1.29 bits per heavy atom. The summed E-state index contributed by atoms with van der Waals surface area (Å²) in [7, 11) is -4.56. The Morgan fingerprint density at radius 2 is 0.938 bits per heavy atom. The Hall–Kier alpha value is -1.03. The average Bonchev–Trinajstić information content (AvgIpc) is 3.06. The van der Waals surface area contributed by atoms with Crippen molar-refractivity contribution in [2.75, 3.05) is 26.4 Å². The van der Waals surface area contributed by atoms with E-state index in [4.69, 9.17) is 19.1 Å². The molecule has 3 atom stereocenters. The van der Waals surface area contributed by atoms with Crippen LogP contribution in [0.4, 0.5) is 0 Å². The van der Waals surface area contributed by atoms with Crippen molar-refractivity contribution in [2.24, 2.45) is 0 Å². The van der Waals surface area contributed by atoms with Crippen LogP contribution in [0, 0.1) is 0 Å². The molecule has 0 rings (SSSR count). The van der Waals surface area contributed by atoms with Gasteiger partial charge in [-0.15, -0.1) is 0 Å². The number of hydrogen-bond acceptors (Lipinski definition) is 9. The number of phosphoric acid groups is 1. The number of aliphatic hydroxyl groups excluding tert-OH is 2. The fraction of sp³-hybridized carbons (Fsp3) is 0.946. The monoisotopic (exact) mass is 708 g/mol. The molecule has 0 aromatic heterocycles. The molecule has 286 valence electrons. The first-order valence-corrected chi connectivity index (χ1v) is 20.9. The highest BCUT2D eigenvalue weighted by molar-refractivity contribution is 7.47. The predicted octanol–water partition coefficient (Wildman–Crippen LogP) is 9.50. The second-order valence-corrected chi connectivity index (χ2v) is 14.9. The number of unbranched alkanes of at least 4 members (excludes halogenated alkanes) is 25. The van der Waals surface area contributed by atoms with Gasteiger partial charge in [0, 0.05) is 13.3 Å². The van der Waals surface area contributed by atoms with Crippen molar-refractivity contribution < 1.29 is 47.8 Å². The van der Waals surface area contributed by atoms with Gasteiger partial charge in [-0.3, -0.25) is 18.6 Å². The van der Waals surface area contributed by atoms with Gasteiger partial charge in [-0.1, -0.05) is 167 Å². The van der Waals surface area contributed by atoms with Gasteiger partial charge in [-0.2, -0.15) is 0 Å². The fourth-order valence-electron chi connectivity index (χ4n) is 5.64. The number of carbonyl (C=O) groups is 2. The number of rotatable bonds is 37. The first-order valence-electron chi connectivity index (χ1n) is 19.4. The zero-order valence-electron chi connectivity index (χ0n) is 30.7. The topological polar surface area (TPSA) is 149 Å². The van der Waals surface area contributed by atoms with Crippen molar-refractivity contribution in [3.8, 4) is 0 Å². The van der Waals surface area contributed by atoms with E-state index >= 15 is 0 Å².